The molecule has 1 aliphatic rings. The third-order valence-electron chi connectivity index (χ3n) is 3.60. The number of pyridine rings is 1. The van der Waals surface area contributed by atoms with Crippen molar-refractivity contribution in [1.29, 1.82) is 0 Å². The van der Waals surface area contributed by atoms with E-state index in [1.54, 1.807) is 7.11 Å². The van der Waals surface area contributed by atoms with Gasteiger partial charge in [-0.1, -0.05) is 0 Å². The molecular formula is C14H17N3O. The van der Waals surface area contributed by atoms with Gasteiger partial charge in [0.1, 0.15) is 0 Å². The van der Waals surface area contributed by atoms with Crippen molar-refractivity contribution in [3.63, 3.8) is 0 Å². The second-order valence-corrected chi connectivity index (χ2v) is 4.67. The smallest absolute Gasteiger partial charge is 0.0955 e. The van der Waals surface area contributed by atoms with Gasteiger partial charge in [0, 0.05) is 37.5 Å². The normalized spacial score (nSPS) is 19.6. The third kappa shape index (κ3) is 1.78. The van der Waals surface area contributed by atoms with E-state index in [0.29, 0.717) is 6.10 Å². The lowest BCUT2D eigenvalue weighted by Gasteiger charge is -2.20. The highest BCUT2D eigenvalue weighted by atomic mass is 16.5. The third-order valence-corrected chi connectivity index (χ3v) is 3.60. The van der Waals surface area contributed by atoms with E-state index in [-0.39, 0.29) is 0 Å². The number of benzene rings is 1. The average Bonchev–Trinajstić information content (AvgIpc) is 2.88. The van der Waals surface area contributed by atoms with Crippen LogP contribution in [0.3, 0.4) is 0 Å². The van der Waals surface area contributed by atoms with Crippen molar-refractivity contribution in [1.82, 2.24) is 4.98 Å². The van der Waals surface area contributed by atoms with Gasteiger partial charge in [0.15, 0.2) is 0 Å². The summed E-state index contributed by atoms with van der Waals surface area (Å²) in [6.07, 6.45) is 3.20. The molecule has 1 aromatic heterocycles. The van der Waals surface area contributed by atoms with Crippen molar-refractivity contribution >= 4 is 22.3 Å². The molecule has 2 aromatic rings. The molecule has 1 unspecified atom stereocenters. The minimum absolute atomic E-state index is 0.321. The molecule has 1 atom stereocenters. The molecule has 18 heavy (non-hydrogen) atoms. The highest BCUT2D eigenvalue weighted by molar-refractivity contribution is 5.98. The minimum Gasteiger partial charge on any atom is -0.398 e. The Kier molecular flexibility index (Phi) is 2.80. The van der Waals surface area contributed by atoms with E-state index in [2.05, 4.69) is 16.0 Å². The fraction of sp³-hybridized carbons (Fsp3) is 0.357. The van der Waals surface area contributed by atoms with Crippen molar-refractivity contribution in [2.75, 3.05) is 30.8 Å². The fourth-order valence-electron chi connectivity index (χ4n) is 2.57. The Morgan fingerprint density at radius 2 is 2.28 bits per heavy atom. The van der Waals surface area contributed by atoms with Crippen LogP contribution in [0.4, 0.5) is 11.4 Å². The predicted octanol–water partition coefficient (Wildman–Crippen LogP) is 2.04. The number of nitrogens with zero attached hydrogens (tertiary/aromatic N) is 2. The van der Waals surface area contributed by atoms with E-state index < -0.39 is 0 Å². The summed E-state index contributed by atoms with van der Waals surface area (Å²) in [5, 5.41) is 1.02. The van der Waals surface area contributed by atoms with Crippen molar-refractivity contribution in [3.05, 3.63) is 30.5 Å². The van der Waals surface area contributed by atoms with E-state index in [4.69, 9.17) is 10.5 Å². The first kappa shape index (κ1) is 11.3. The lowest BCUT2D eigenvalue weighted by Crippen LogP contribution is -2.22. The van der Waals surface area contributed by atoms with Gasteiger partial charge in [-0.2, -0.15) is 0 Å². The molecule has 0 bridgehead atoms. The van der Waals surface area contributed by atoms with E-state index in [9.17, 15) is 0 Å². The summed E-state index contributed by atoms with van der Waals surface area (Å²) in [5.74, 6) is 0. The average molecular weight is 243 g/mol. The summed E-state index contributed by atoms with van der Waals surface area (Å²) >= 11 is 0. The Bertz CT molecular complexity index is 570. The number of ether oxygens (including phenoxy) is 1. The number of nitrogens with two attached hydrogens (primary N) is 1. The number of fused-ring (bicyclic) bond motifs is 1. The van der Waals surface area contributed by atoms with Crippen molar-refractivity contribution in [3.8, 4) is 0 Å². The van der Waals surface area contributed by atoms with Crippen LogP contribution in [0, 0.1) is 0 Å². The van der Waals surface area contributed by atoms with Crippen LogP contribution in [-0.2, 0) is 4.74 Å². The Morgan fingerprint density at radius 1 is 1.39 bits per heavy atom. The van der Waals surface area contributed by atoms with Crippen LogP contribution in [0.2, 0.25) is 0 Å². The molecule has 1 aromatic carbocycles. The molecular weight excluding hydrogens is 226 g/mol. The topological polar surface area (TPSA) is 51.4 Å². The van der Waals surface area contributed by atoms with Crippen LogP contribution < -0.4 is 10.6 Å². The van der Waals surface area contributed by atoms with Crippen molar-refractivity contribution in [2.45, 2.75) is 12.5 Å². The number of anilines is 2. The molecule has 1 aliphatic heterocycles. The van der Waals surface area contributed by atoms with Crippen molar-refractivity contribution in [2.24, 2.45) is 0 Å². The van der Waals surface area contributed by atoms with Crippen LogP contribution in [0.25, 0.3) is 10.9 Å². The predicted molar refractivity (Wildman–Crippen MR) is 73.8 cm³/mol. The Labute approximate surface area is 106 Å². The molecule has 0 saturated carbocycles. The molecule has 2 N–H and O–H groups in total. The monoisotopic (exact) mass is 243 g/mol. The minimum atomic E-state index is 0.321. The summed E-state index contributed by atoms with van der Waals surface area (Å²) in [7, 11) is 1.77. The summed E-state index contributed by atoms with van der Waals surface area (Å²) in [5.41, 5.74) is 8.91. The molecule has 3 rings (SSSR count). The van der Waals surface area contributed by atoms with Gasteiger partial charge < -0.3 is 15.4 Å². The number of rotatable bonds is 2. The first-order valence-electron chi connectivity index (χ1n) is 6.20. The molecule has 0 aliphatic carbocycles. The molecule has 0 radical (unpaired) electrons. The lowest BCUT2D eigenvalue weighted by atomic mass is 10.1. The zero-order chi connectivity index (χ0) is 12.5. The van der Waals surface area contributed by atoms with Gasteiger partial charge in [0.2, 0.25) is 0 Å². The second kappa shape index (κ2) is 4.46. The van der Waals surface area contributed by atoms with Gasteiger partial charge in [0.25, 0.3) is 0 Å². The molecule has 0 spiro atoms. The van der Waals surface area contributed by atoms with Crippen LogP contribution in [-0.4, -0.2) is 31.3 Å². The quantitative estimate of drug-likeness (QED) is 0.820. The number of nitrogen functional groups attached to an aromatic ring is 1. The largest absolute Gasteiger partial charge is 0.398 e. The van der Waals surface area contributed by atoms with Gasteiger partial charge in [-0.05, 0) is 30.7 Å². The summed E-state index contributed by atoms with van der Waals surface area (Å²) < 4.78 is 5.41. The number of hydrogen-bond acceptors (Lipinski definition) is 4. The van der Waals surface area contributed by atoms with E-state index >= 15 is 0 Å². The van der Waals surface area contributed by atoms with Crippen LogP contribution in [0.15, 0.2) is 30.5 Å². The maximum Gasteiger partial charge on any atom is 0.0955 e. The number of hydrogen-bond donors (Lipinski definition) is 1. The van der Waals surface area contributed by atoms with Crippen molar-refractivity contribution < 1.29 is 4.74 Å². The second-order valence-electron chi connectivity index (χ2n) is 4.67. The highest BCUT2D eigenvalue weighted by Crippen LogP contribution is 2.31. The van der Waals surface area contributed by atoms with E-state index in [1.807, 2.05) is 24.4 Å². The molecule has 0 amide bonds. The maximum absolute atomic E-state index is 5.99. The standard InChI is InChI=1S/C14H17N3O/c1-18-10-6-8-17(9-10)13-5-4-12(15)11-3-2-7-16-14(11)13/h2-5,7,10H,6,8-9,15H2,1H3. The van der Waals surface area contributed by atoms with Gasteiger partial charge in [-0.15, -0.1) is 0 Å². The number of methoxy groups -OCH3 is 1. The van der Waals surface area contributed by atoms with Gasteiger partial charge in [0.05, 0.1) is 17.3 Å². The first-order valence-corrected chi connectivity index (χ1v) is 6.20. The molecule has 1 saturated heterocycles. The highest BCUT2D eigenvalue weighted by Gasteiger charge is 2.23. The van der Waals surface area contributed by atoms with Gasteiger partial charge >= 0.3 is 0 Å². The zero-order valence-corrected chi connectivity index (χ0v) is 10.5. The maximum atomic E-state index is 5.99. The SMILES string of the molecule is COC1CCN(c2ccc(N)c3cccnc23)C1. The Hall–Kier alpha value is -1.81. The molecule has 4 heteroatoms. The molecule has 4 nitrogen and oxygen atoms in total. The lowest BCUT2D eigenvalue weighted by molar-refractivity contribution is 0.121. The van der Waals surface area contributed by atoms with Gasteiger partial charge in [-0.3, -0.25) is 4.98 Å². The van der Waals surface area contributed by atoms with Crippen LogP contribution in [0.1, 0.15) is 6.42 Å². The Morgan fingerprint density at radius 3 is 3.06 bits per heavy atom. The molecule has 94 valence electrons. The summed E-state index contributed by atoms with van der Waals surface area (Å²) in [6, 6.07) is 7.96. The van der Waals surface area contributed by atoms with Crippen LogP contribution in [0.5, 0.6) is 0 Å². The van der Waals surface area contributed by atoms with E-state index in [0.717, 1.165) is 41.8 Å². The Balaban J connectivity index is 2.05. The summed E-state index contributed by atoms with van der Waals surface area (Å²) in [6.45, 7) is 1.93. The fourth-order valence-corrected chi connectivity index (χ4v) is 2.57. The molecule has 1 fully saturated rings. The summed E-state index contributed by atoms with van der Waals surface area (Å²) in [4.78, 5) is 6.80. The zero-order valence-electron chi connectivity index (χ0n) is 10.5. The van der Waals surface area contributed by atoms with Gasteiger partial charge in [-0.25, -0.2) is 0 Å². The number of aromatic nitrogens is 1. The first-order chi connectivity index (χ1) is 8.79. The van der Waals surface area contributed by atoms with Crippen LogP contribution >= 0.6 is 0 Å². The van der Waals surface area contributed by atoms with E-state index in [1.165, 1.54) is 0 Å². The molecule has 2 heterocycles.